The van der Waals surface area contributed by atoms with Gasteiger partial charge in [-0.2, -0.15) is 5.10 Å². The Morgan fingerprint density at radius 3 is 2.52 bits per heavy atom. The average molecular weight is 391 g/mol. The molecular formula is C21H25N7O. The van der Waals surface area contributed by atoms with Crippen LogP contribution in [0.25, 0.3) is 17.1 Å². The van der Waals surface area contributed by atoms with E-state index in [1.807, 2.05) is 36.5 Å². The largest absolute Gasteiger partial charge is 0.479 e. The fraction of sp³-hybridized carbons (Fsp3) is 0.429. The molecule has 2 atom stereocenters. The topological polar surface area (TPSA) is 81.0 Å². The van der Waals surface area contributed by atoms with Gasteiger partial charge in [0.25, 0.3) is 0 Å². The third kappa shape index (κ3) is 3.44. The van der Waals surface area contributed by atoms with Gasteiger partial charge in [-0.1, -0.05) is 0 Å². The molecule has 0 aromatic carbocycles. The molecule has 0 radical (unpaired) electrons. The highest BCUT2D eigenvalue weighted by Crippen LogP contribution is 2.31. The van der Waals surface area contributed by atoms with Crippen LogP contribution in [0.15, 0.2) is 42.7 Å². The minimum atomic E-state index is 0.499. The lowest BCUT2D eigenvalue weighted by Crippen LogP contribution is -2.47. The first kappa shape index (κ1) is 18.1. The summed E-state index contributed by atoms with van der Waals surface area (Å²) >= 11 is 0. The lowest BCUT2D eigenvalue weighted by Gasteiger charge is -2.36. The first-order valence-corrected chi connectivity index (χ1v) is 10.1. The highest BCUT2D eigenvalue weighted by molar-refractivity contribution is 5.59. The van der Waals surface area contributed by atoms with E-state index in [9.17, 15) is 0 Å². The number of pyridine rings is 1. The predicted molar refractivity (Wildman–Crippen MR) is 110 cm³/mol. The van der Waals surface area contributed by atoms with E-state index < -0.39 is 0 Å². The number of anilines is 1. The Morgan fingerprint density at radius 2 is 1.86 bits per heavy atom. The molecule has 0 amide bonds. The highest BCUT2D eigenvalue weighted by Gasteiger charge is 2.35. The van der Waals surface area contributed by atoms with Gasteiger partial charge in [0.05, 0.1) is 12.8 Å². The molecule has 2 saturated heterocycles. The molecule has 8 heteroatoms. The van der Waals surface area contributed by atoms with Gasteiger partial charge in [0.1, 0.15) is 11.4 Å². The molecule has 2 fully saturated rings. The van der Waals surface area contributed by atoms with Gasteiger partial charge in [0.15, 0.2) is 5.82 Å². The fourth-order valence-corrected chi connectivity index (χ4v) is 4.49. The number of nitrogens with zero attached hydrogens (tertiary/aromatic N) is 6. The molecule has 1 N–H and O–H groups in total. The standard InChI is InChI=1S/C21H25N7O/c1-27(16-12-14-4-5-15(13-16)23-14)20-9-7-18(25-26-20)17-6-8-19(21(24-17)29-2)28-11-3-10-22-28/h3,6-11,14-16,23H,4-5,12-13H2,1-2H3. The molecule has 3 aromatic heterocycles. The molecule has 5 heterocycles. The maximum Gasteiger partial charge on any atom is 0.240 e. The monoisotopic (exact) mass is 391 g/mol. The van der Waals surface area contributed by atoms with Crippen molar-refractivity contribution in [3.63, 3.8) is 0 Å². The van der Waals surface area contributed by atoms with Crippen LogP contribution in [-0.4, -0.2) is 57.2 Å². The Morgan fingerprint density at radius 1 is 1.07 bits per heavy atom. The van der Waals surface area contributed by atoms with Crippen LogP contribution in [0.3, 0.4) is 0 Å². The highest BCUT2D eigenvalue weighted by atomic mass is 16.5. The summed E-state index contributed by atoms with van der Waals surface area (Å²) < 4.78 is 7.19. The van der Waals surface area contributed by atoms with Crippen LogP contribution in [0.5, 0.6) is 5.88 Å². The van der Waals surface area contributed by atoms with Crippen molar-refractivity contribution in [2.45, 2.75) is 43.8 Å². The summed E-state index contributed by atoms with van der Waals surface area (Å²) in [6, 6.07) is 11.5. The molecule has 0 saturated carbocycles. The van der Waals surface area contributed by atoms with Crippen molar-refractivity contribution in [2.75, 3.05) is 19.1 Å². The minimum Gasteiger partial charge on any atom is -0.479 e. The van der Waals surface area contributed by atoms with Gasteiger partial charge in [-0.25, -0.2) is 9.67 Å². The molecular weight excluding hydrogens is 366 g/mol. The lowest BCUT2D eigenvalue weighted by molar-refractivity contribution is 0.353. The van der Waals surface area contributed by atoms with Crippen molar-refractivity contribution < 1.29 is 4.74 Å². The summed E-state index contributed by atoms with van der Waals surface area (Å²) in [7, 11) is 3.73. The molecule has 2 aliphatic heterocycles. The Balaban J connectivity index is 1.36. The maximum atomic E-state index is 5.46. The molecule has 5 rings (SSSR count). The summed E-state index contributed by atoms with van der Waals surface area (Å²) in [6.45, 7) is 0. The van der Waals surface area contributed by atoms with E-state index in [4.69, 9.17) is 4.74 Å². The van der Waals surface area contributed by atoms with E-state index in [1.54, 1.807) is 18.0 Å². The molecule has 2 unspecified atom stereocenters. The summed E-state index contributed by atoms with van der Waals surface area (Å²) in [5.41, 5.74) is 2.23. The molecule has 150 valence electrons. The lowest BCUT2D eigenvalue weighted by atomic mass is 9.98. The van der Waals surface area contributed by atoms with Crippen LogP contribution in [-0.2, 0) is 0 Å². The van der Waals surface area contributed by atoms with Crippen molar-refractivity contribution in [3.05, 3.63) is 42.7 Å². The van der Waals surface area contributed by atoms with E-state index in [0.29, 0.717) is 24.0 Å². The van der Waals surface area contributed by atoms with E-state index in [-0.39, 0.29) is 0 Å². The fourth-order valence-electron chi connectivity index (χ4n) is 4.49. The zero-order chi connectivity index (χ0) is 19.8. The number of hydrogen-bond donors (Lipinski definition) is 1. The first-order valence-electron chi connectivity index (χ1n) is 10.1. The third-order valence-corrected chi connectivity index (χ3v) is 6.05. The van der Waals surface area contributed by atoms with Crippen LogP contribution >= 0.6 is 0 Å². The van der Waals surface area contributed by atoms with Crippen LogP contribution in [0.1, 0.15) is 25.7 Å². The van der Waals surface area contributed by atoms with E-state index in [1.165, 1.54) is 25.7 Å². The maximum absolute atomic E-state index is 5.46. The van der Waals surface area contributed by atoms with Crippen LogP contribution in [0, 0.1) is 0 Å². The number of ether oxygens (including phenoxy) is 1. The second-order valence-electron chi connectivity index (χ2n) is 7.83. The van der Waals surface area contributed by atoms with Crippen molar-refractivity contribution in [1.82, 2.24) is 30.3 Å². The SMILES string of the molecule is COc1nc(-c2ccc(N(C)C3CC4CCC(C3)N4)nn2)ccc1-n1cccn1. The normalized spacial score (nSPS) is 23.2. The van der Waals surface area contributed by atoms with Crippen molar-refractivity contribution in [1.29, 1.82) is 0 Å². The van der Waals surface area contributed by atoms with Gasteiger partial charge in [-0.3, -0.25) is 0 Å². The number of fused-ring (bicyclic) bond motifs is 2. The summed E-state index contributed by atoms with van der Waals surface area (Å²) in [5, 5.41) is 16.9. The minimum absolute atomic E-state index is 0.499. The Kier molecular flexibility index (Phi) is 4.63. The number of nitrogens with one attached hydrogen (secondary N) is 1. The number of hydrogen-bond acceptors (Lipinski definition) is 7. The van der Waals surface area contributed by atoms with Crippen molar-refractivity contribution >= 4 is 5.82 Å². The number of rotatable bonds is 5. The summed E-state index contributed by atoms with van der Waals surface area (Å²) in [4.78, 5) is 6.88. The Hall–Kier alpha value is -3.00. The zero-order valence-corrected chi connectivity index (χ0v) is 16.7. The predicted octanol–water partition coefficient (Wildman–Crippen LogP) is 2.45. The van der Waals surface area contributed by atoms with Gasteiger partial charge in [-0.05, 0) is 56.0 Å². The molecule has 8 nitrogen and oxygen atoms in total. The molecule has 29 heavy (non-hydrogen) atoms. The quantitative estimate of drug-likeness (QED) is 0.715. The number of methoxy groups -OCH3 is 1. The van der Waals surface area contributed by atoms with Gasteiger partial charge in [-0.15, -0.1) is 10.2 Å². The number of piperidine rings is 1. The van der Waals surface area contributed by atoms with E-state index >= 15 is 0 Å². The van der Waals surface area contributed by atoms with Crippen molar-refractivity contribution in [3.8, 4) is 23.0 Å². The third-order valence-electron chi connectivity index (χ3n) is 6.05. The molecule has 0 aliphatic carbocycles. The van der Waals surface area contributed by atoms with E-state index in [0.717, 1.165) is 22.9 Å². The number of aromatic nitrogens is 5. The van der Waals surface area contributed by atoms with E-state index in [2.05, 4.69) is 37.5 Å². The van der Waals surface area contributed by atoms with Crippen LogP contribution in [0.4, 0.5) is 5.82 Å². The molecule has 3 aromatic rings. The smallest absolute Gasteiger partial charge is 0.240 e. The zero-order valence-electron chi connectivity index (χ0n) is 16.7. The van der Waals surface area contributed by atoms with Crippen molar-refractivity contribution in [2.24, 2.45) is 0 Å². The average Bonchev–Trinajstić information content (AvgIpc) is 3.42. The Bertz CT molecular complexity index is 961. The molecule has 0 spiro atoms. The molecule has 2 aliphatic rings. The van der Waals surface area contributed by atoms with Gasteiger partial charge in [0.2, 0.25) is 5.88 Å². The van der Waals surface area contributed by atoms with Gasteiger partial charge < -0.3 is 15.0 Å². The second kappa shape index (κ2) is 7.44. The van der Waals surface area contributed by atoms with Crippen LogP contribution < -0.4 is 15.0 Å². The molecule has 2 bridgehead atoms. The summed E-state index contributed by atoms with van der Waals surface area (Å²) in [5.74, 6) is 1.40. The second-order valence-corrected chi connectivity index (χ2v) is 7.83. The van der Waals surface area contributed by atoms with Gasteiger partial charge >= 0.3 is 0 Å². The van der Waals surface area contributed by atoms with Gasteiger partial charge in [0, 0.05) is 37.6 Å². The Labute approximate surface area is 169 Å². The summed E-state index contributed by atoms with van der Waals surface area (Å²) in [6.07, 6.45) is 8.51. The first-order chi connectivity index (χ1) is 14.2. The van der Waals surface area contributed by atoms with Crippen LogP contribution in [0.2, 0.25) is 0 Å².